The molecule has 1 aliphatic rings. The van der Waals surface area contributed by atoms with Crippen molar-refractivity contribution in [2.75, 3.05) is 19.7 Å². The predicted molar refractivity (Wildman–Crippen MR) is 118 cm³/mol. The molecule has 1 fully saturated rings. The van der Waals surface area contributed by atoms with Crippen molar-refractivity contribution < 1.29 is 13.9 Å². The van der Waals surface area contributed by atoms with E-state index in [1.54, 1.807) is 0 Å². The van der Waals surface area contributed by atoms with Gasteiger partial charge in [-0.2, -0.15) is 0 Å². The molecule has 1 aromatic heterocycles. The number of halogens is 1. The van der Waals surface area contributed by atoms with Gasteiger partial charge in [-0.05, 0) is 56.4 Å². The van der Waals surface area contributed by atoms with Gasteiger partial charge in [-0.3, -0.25) is 4.79 Å². The van der Waals surface area contributed by atoms with E-state index in [2.05, 4.69) is 28.6 Å². The molecule has 0 N–H and O–H groups in total. The third-order valence-electron chi connectivity index (χ3n) is 5.99. The van der Waals surface area contributed by atoms with Crippen molar-refractivity contribution in [3.05, 3.63) is 72.3 Å². The van der Waals surface area contributed by atoms with Crippen molar-refractivity contribution in [3.63, 3.8) is 0 Å². The topological polar surface area (TPSA) is 47.4 Å². The molecule has 0 atom stereocenters. The van der Waals surface area contributed by atoms with Gasteiger partial charge in [-0.15, -0.1) is 0 Å². The number of nitrogens with zero attached hydrogens (tertiary/aromatic N) is 3. The van der Waals surface area contributed by atoms with Gasteiger partial charge in [-0.25, -0.2) is 9.37 Å². The molecule has 2 aromatic carbocycles. The zero-order chi connectivity index (χ0) is 21.6. The third kappa shape index (κ3) is 5.32. The second kappa shape index (κ2) is 9.77. The minimum atomic E-state index is -0.317. The standard InChI is InChI=1S/C25H28FN3O2/c1-19-17-27-25(21-5-3-2-4-6-21)29(19)16-13-20-11-14-28(15-12-20)24(30)18-31-23-9-7-22(26)8-10-23/h2-10,17,20H,11-16,18H2,1H3. The van der Waals surface area contributed by atoms with Crippen molar-refractivity contribution in [1.82, 2.24) is 14.5 Å². The molecule has 3 aromatic rings. The molecule has 0 saturated carbocycles. The Morgan fingerprint density at radius 2 is 1.81 bits per heavy atom. The maximum Gasteiger partial charge on any atom is 0.260 e. The number of piperidine rings is 1. The van der Waals surface area contributed by atoms with Crippen LogP contribution in [0.25, 0.3) is 11.4 Å². The Morgan fingerprint density at radius 1 is 1.10 bits per heavy atom. The van der Waals surface area contributed by atoms with Crippen molar-refractivity contribution in [3.8, 4) is 17.1 Å². The summed E-state index contributed by atoms with van der Waals surface area (Å²) >= 11 is 0. The number of likely N-dealkylation sites (tertiary alicyclic amines) is 1. The SMILES string of the molecule is Cc1cnc(-c2ccccc2)n1CCC1CCN(C(=O)COc2ccc(F)cc2)CC1. The Morgan fingerprint density at radius 3 is 2.52 bits per heavy atom. The minimum absolute atomic E-state index is 0.00896. The summed E-state index contributed by atoms with van der Waals surface area (Å²) in [4.78, 5) is 18.9. The Balaban J connectivity index is 1.25. The summed E-state index contributed by atoms with van der Waals surface area (Å²) < 4.78 is 20.8. The Labute approximate surface area is 182 Å². The first-order chi connectivity index (χ1) is 15.1. The van der Waals surface area contributed by atoms with E-state index in [1.165, 1.54) is 30.0 Å². The Bertz CT molecular complexity index is 993. The van der Waals surface area contributed by atoms with Gasteiger partial charge in [0, 0.05) is 37.1 Å². The predicted octanol–water partition coefficient (Wildman–Crippen LogP) is 4.71. The number of imidazole rings is 1. The van der Waals surface area contributed by atoms with Crippen LogP contribution < -0.4 is 4.74 Å². The molecule has 31 heavy (non-hydrogen) atoms. The van der Waals surface area contributed by atoms with Crippen molar-refractivity contribution in [2.45, 2.75) is 32.7 Å². The summed E-state index contributed by atoms with van der Waals surface area (Å²) in [5.74, 6) is 1.79. The van der Waals surface area contributed by atoms with Gasteiger partial charge in [0.1, 0.15) is 17.4 Å². The molecule has 4 rings (SSSR count). The van der Waals surface area contributed by atoms with Gasteiger partial charge in [0.2, 0.25) is 0 Å². The van der Waals surface area contributed by atoms with E-state index in [-0.39, 0.29) is 18.3 Å². The quantitative estimate of drug-likeness (QED) is 0.555. The zero-order valence-electron chi connectivity index (χ0n) is 17.8. The van der Waals surface area contributed by atoms with Crippen LogP contribution in [0.3, 0.4) is 0 Å². The van der Waals surface area contributed by atoms with Crippen molar-refractivity contribution in [2.24, 2.45) is 5.92 Å². The number of aromatic nitrogens is 2. The number of rotatable bonds is 7. The molecule has 5 nitrogen and oxygen atoms in total. The fourth-order valence-corrected chi connectivity index (χ4v) is 4.11. The number of ether oxygens (including phenoxy) is 1. The highest BCUT2D eigenvalue weighted by Crippen LogP contribution is 2.25. The summed E-state index contributed by atoms with van der Waals surface area (Å²) in [5.41, 5.74) is 2.31. The van der Waals surface area contributed by atoms with E-state index in [4.69, 9.17) is 4.74 Å². The molecule has 0 spiro atoms. The number of carbonyl (C=O) groups excluding carboxylic acids is 1. The first-order valence-corrected chi connectivity index (χ1v) is 10.8. The zero-order valence-corrected chi connectivity index (χ0v) is 17.8. The van der Waals surface area contributed by atoms with E-state index in [9.17, 15) is 9.18 Å². The van der Waals surface area contributed by atoms with E-state index in [0.717, 1.165) is 50.3 Å². The fraction of sp³-hybridized carbons (Fsp3) is 0.360. The van der Waals surface area contributed by atoms with E-state index in [0.29, 0.717) is 11.7 Å². The summed E-state index contributed by atoms with van der Waals surface area (Å²) in [6, 6.07) is 16.0. The van der Waals surface area contributed by atoms with E-state index >= 15 is 0 Å². The van der Waals surface area contributed by atoms with Gasteiger partial charge >= 0.3 is 0 Å². The summed E-state index contributed by atoms with van der Waals surface area (Å²) in [6.45, 7) is 4.53. The van der Waals surface area contributed by atoms with Crippen LogP contribution in [0, 0.1) is 18.7 Å². The molecule has 6 heteroatoms. The van der Waals surface area contributed by atoms with Crippen LogP contribution in [0.4, 0.5) is 4.39 Å². The van der Waals surface area contributed by atoms with Gasteiger partial charge in [-0.1, -0.05) is 30.3 Å². The monoisotopic (exact) mass is 421 g/mol. The number of benzene rings is 2. The van der Waals surface area contributed by atoms with Crippen molar-refractivity contribution in [1.29, 1.82) is 0 Å². The Hall–Kier alpha value is -3.15. The van der Waals surface area contributed by atoms with Crippen molar-refractivity contribution >= 4 is 5.91 Å². The summed E-state index contributed by atoms with van der Waals surface area (Å²) in [7, 11) is 0. The molecule has 1 aliphatic heterocycles. The second-order valence-electron chi connectivity index (χ2n) is 8.10. The molecule has 0 bridgehead atoms. The lowest BCUT2D eigenvalue weighted by Gasteiger charge is -2.32. The van der Waals surface area contributed by atoms with E-state index in [1.807, 2.05) is 29.3 Å². The molecule has 2 heterocycles. The first-order valence-electron chi connectivity index (χ1n) is 10.8. The lowest BCUT2D eigenvalue weighted by Crippen LogP contribution is -2.41. The highest BCUT2D eigenvalue weighted by Gasteiger charge is 2.23. The van der Waals surface area contributed by atoms with Gasteiger partial charge in [0.25, 0.3) is 5.91 Å². The van der Waals surface area contributed by atoms with Crippen LogP contribution in [0.2, 0.25) is 0 Å². The van der Waals surface area contributed by atoms with Crippen LogP contribution in [0.15, 0.2) is 60.8 Å². The average Bonchev–Trinajstić information content (AvgIpc) is 3.18. The average molecular weight is 422 g/mol. The molecule has 162 valence electrons. The Kier molecular flexibility index (Phi) is 6.65. The van der Waals surface area contributed by atoms with Crippen LogP contribution in [-0.4, -0.2) is 40.1 Å². The minimum Gasteiger partial charge on any atom is -0.484 e. The maximum absolute atomic E-state index is 13.0. The highest BCUT2D eigenvalue weighted by atomic mass is 19.1. The molecule has 1 amide bonds. The molecule has 0 unspecified atom stereocenters. The molecular weight excluding hydrogens is 393 g/mol. The number of hydrogen-bond donors (Lipinski definition) is 0. The summed E-state index contributed by atoms with van der Waals surface area (Å²) in [6.07, 6.45) is 5.00. The molecule has 1 saturated heterocycles. The largest absolute Gasteiger partial charge is 0.484 e. The molecule has 0 radical (unpaired) electrons. The number of amides is 1. The summed E-state index contributed by atoms with van der Waals surface area (Å²) in [5, 5.41) is 0. The second-order valence-corrected chi connectivity index (χ2v) is 8.10. The number of carbonyl (C=O) groups is 1. The maximum atomic E-state index is 13.0. The van der Waals surface area contributed by atoms with Crippen LogP contribution in [0.5, 0.6) is 5.75 Å². The normalized spacial score (nSPS) is 14.6. The smallest absolute Gasteiger partial charge is 0.260 e. The fourth-order valence-electron chi connectivity index (χ4n) is 4.11. The van der Waals surface area contributed by atoms with Gasteiger partial charge in [0.15, 0.2) is 6.61 Å². The third-order valence-corrected chi connectivity index (χ3v) is 5.99. The molecule has 0 aliphatic carbocycles. The van der Waals surface area contributed by atoms with Crippen LogP contribution >= 0.6 is 0 Å². The molecular formula is C25H28FN3O2. The van der Waals surface area contributed by atoms with Gasteiger partial charge < -0.3 is 14.2 Å². The number of hydrogen-bond acceptors (Lipinski definition) is 3. The van der Waals surface area contributed by atoms with Gasteiger partial charge in [0.05, 0.1) is 0 Å². The van der Waals surface area contributed by atoms with Crippen LogP contribution in [-0.2, 0) is 11.3 Å². The highest BCUT2D eigenvalue weighted by molar-refractivity contribution is 5.77. The first kappa shape index (κ1) is 21.1. The lowest BCUT2D eigenvalue weighted by atomic mass is 9.93. The number of aryl methyl sites for hydroxylation is 1. The van der Waals surface area contributed by atoms with E-state index < -0.39 is 0 Å². The van der Waals surface area contributed by atoms with Crippen LogP contribution in [0.1, 0.15) is 25.0 Å². The lowest BCUT2D eigenvalue weighted by molar-refractivity contribution is -0.134.